The molecular weight excluding hydrogens is 374 g/mol. The molecule has 1 aromatic heterocycles. The molecule has 150 valence electrons. The SMILES string of the molecule is CCOC(=O)c1cc(CC)sc1NC(=O)CN1CCN(c2ccccc2)CC1. The highest BCUT2D eigenvalue weighted by molar-refractivity contribution is 7.16. The first-order chi connectivity index (χ1) is 13.6. The van der Waals surface area contributed by atoms with Crippen molar-refractivity contribution in [1.29, 1.82) is 0 Å². The molecular formula is C21H27N3O3S. The monoisotopic (exact) mass is 401 g/mol. The van der Waals surface area contributed by atoms with E-state index in [9.17, 15) is 9.59 Å². The van der Waals surface area contributed by atoms with Crippen LogP contribution in [0.5, 0.6) is 0 Å². The van der Waals surface area contributed by atoms with E-state index in [0.717, 1.165) is 37.5 Å². The Bertz CT molecular complexity index is 798. The van der Waals surface area contributed by atoms with Crippen LogP contribution in [0, 0.1) is 0 Å². The molecule has 0 spiro atoms. The zero-order valence-electron chi connectivity index (χ0n) is 16.4. The van der Waals surface area contributed by atoms with Crippen LogP contribution in [0.1, 0.15) is 29.1 Å². The second kappa shape index (κ2) is 9.71. The fraction of sp³-hybridized carbons (Fsp3) is 0.429. The lowest BCUT2D eigenvalue weighted by atomic mass is 10.2. The summed E-state index contributed by atoms with van der Waals surface area (Å²) in [6.07, 6.45) is 0.814. The first kappa shape index (κ1) is 20.4. The molecule has 6 nitrogen and oxygen atoms in total. The van der Waals surface area contributed by atoms with Crippen molar-refractivity contribution in [3.63, 3.8) is 0 Å². The second-order valence-electron chi connectivity index (χ2n) is 6.68. The summed E-state index contributed by atoms with van der Waals surface area (Å²) in [7, 11) is 0. The van der Waals surface area contributed by atoms with Crippen molar-refractivity contribution in [1.82, 2.24) is 4.90 Å². The van der Waals surface area contributed by atoms with Gasteiger partial charge < -0.3 is 15.0 Å². The Labute approximate surface area is 170 Å². The molecule has 1 saturated heterocycles. The van der Waals surface area contributed by atoms with Crippen molar-refractivity contribution >= 4 is 33.9 Å². The molecule has 1 fully saturated rings. The van der Waals surface area contributed by atoms with E-state index in [0.29, 0.717) is 23.7 Å². The summed E-state index contributed by atoms with van der Waals surface area (Å²) in [6.45, 7) is 7.89. The van der Waals surface area contributed by atoms with Gasteiger partial charge in [0.15, 0.2) is 0 Å². The summed E-state index contributed by atoms with van der Waals surface area (Å²) in [6, 6.07) is 12.1. The van der Waals surface area contributed by atoms with Gasteiger partial charge >= 0.3 is 5.97 Å². The number of benzene rings is 1. The van der Waals surface area contributed by atoms with Gasteiger partial charge in [0.25, 0.3) is 0 Å². The average molecular weight is 402 g/mol. The minimum absolute atomic E-state index is 0.0942. The highest BCUT2D eigenvalue weighted by Crippen LogP contribution is 2.29. The van der Waals surface area contributed by atoms with Gasteiger partial charge in [-0.25, -0.2) is 4.79 Å². The molecule has 2 heterocycles. The molecule has 28 heavy (non-hydrogen) atoms. The summed E-state index contributed by atoms with van der Waals surface area (Å²) >= 11 is 1.44. The van der Waals surface area contributed by atoms with Crippen molar-refractivity contribution in [2.24, 2.45) is 0 Å². The Morgan fingerprint density at radius 1 is 1.11 bits per heavy atom. The fourth-order valence-electron chi connectivity index (χ4n) is 3.24. The molecule has 0 bridgehead atoms. The van der Waals surface area contributed by atoms with E-state index in [1.807, 2.05) is 31.2 Å². The van der Waals surface area contributed by atoms with Crippen LogP contribution in [0.4, 0.5) is 10.7 Å². The minimum atomic E-state index is -0.384. The van der Waals surface area contributed by atoms with E-state index in [1.54, 1.807) is 6.92 Å². The van der Waals surface area contributed by atoms with Gasteiger partial charge in [0.2, 0.25) is 5.91 Å². The first-order valence-electron chi connectivity index (χ1n) is 9.72. The van der Waals surface area contributed by atoms with Gasteiger partial charge in [0, 0.05) is 36.7 Å². The van der Waals surface area contributed by atoms with E-state index >= 15 is 0 Å². The number of nitrogens with one attached hydrogen (secondary N) is 1. The van der Waals surface area contributed by atoms with Crippen molar-refractivity contribution in [3.05, 3.63) is 46.8 Å². The molecule has 1 N–H and O–H groups in total. The summed E-state index contributed by atoms with van der Waals surface area (Å²) < 4.78 is 5.11. The molecule has 1 aliphatic rings. The number of piperazine rings is 1. The number of ether oxygens (including phenoxy) is 1. The topological polar surface area (TPSA) is 61.9 Å². The van der Waals surface area contributed by atoms with Gasteiger partial charge in [0.1, 0.15) is 5.00 Å². The number of carbonyl (C=O) groups is 2. The van der Waals surface area contributed by atoms with Crippen LogP contribution < -0.4 is 10.2 Å². The molecule has 7 heteroatoms. The zero-order valence-corrected chi connectivity index (χ0v) is 17.3. The molecule has 0 radical (unpaired) electrons. The smallest absolute Gasteiger partial charge is 0.341 e. The highest BCUT2D eigenvalue weighted by Gasteiger charge is 2.22. The maximum Gasteiger partial charge on any atom is 0.341 e. The van der Waals surface area contributed by atoms with Gasteiger partial charge in [-0.1, -0.05) is 25.1 Å². The van der Waals surface area contributed by atoms with Crippen LogP contribution in [0.15, 0.2) is 36.4 Å². The molecule has 0 aliphatic carbocycles. The molecule has 1 aliphatic heterocycles. The number of aryl methyl sites for hydroxylation is 1. The number of amides is 1. The first-order valence-corrected chi connectivity index (χ1v) is 10.5. The lowest BCUT2D eigenvalue weighted by molar-refractivity contribution is -0.117. The van der Waals surface area contributed by atoms with Crippen LogP contribution >= 0.6 is 11.3 Å². The largest absolute Gasteiger partial charge is 0.462 e. The number of para-hydroxylation sites is 1. The maximum atomic E-state index is 12.6. The Balaban J connectivity index is 1.55. The third-order valence-electron chi connectivity index (χ3n) is 4.74. The van der Waals surface area contributed by atoms with Gasteiger partial charge in [0.05, 0.1) is 18.7 Å². The average Bonchev–Trinajstić information content (AvgIpc) is 3.12. The van der Waals surface area contributed by atoms with Crippen molar-refractivity contribution in [3.8, 4) is 0 Å². The lowest BCUT2D eigenvalue weighted by Gasteiger charge is -2.35. The van der Waals surface area contributed by atoms with Crippen LogP contribution in [-0.2, 0) is 16.0 Å². The third-order valence-corrected chi connectivity index (χ3v) is 5.94. The van der Waals surface area contributed by atoms with E-state index in [-0.39, 0.29) is 11.9 Å². The fourth-order valence-corrected chi connectivity index (χ4v) is 4.24. The number of esters is 1. The van der Waals surface area contributed by atoms with Crippen LogP contribution in [0.3, 0.4) is 0 Å². The highest BCUT2D eigenvalue weighted by atomic mass is 32.1. The number of hydrogen-bond acceptors (Lipinski definition) is 6. The Kier molecular flexibility index (Phi) is 7.06. The van der Waals surface area contributed by atoms with Gasteiger partial charge in [-0.3, -0.25) is 9.69 Å². The predicted octanol–water partition coefficient (Wildman–Crippen LogP) is 3.25. The van der Waals surface area contributed by atoms with Gasteiger partial charge in [-0.05, 0) is 31.5 Å². The number of carbonyl (C=O) groups excluding carboxylic acids is 2. The van der Waals surface area contributed by atoms with E-state index in [2.05, 4.69) is 27.2 Å². The minimum Gasteiger partial charge on any atom is -0.462 e. The van der Waals surface area contributed by atoms with Crippen LogP contribution in [0.2, 0.25) is 0 Å². The van der Waals surface area contributed by atoms with Crippen LogP contribution in [0.25, 0.3) is 0 Å². The molecule has 3 rings (SSSR count). The zero-order chi connectivity index (χ0) is 19.9. The van der Waals surface area contributed by atoms with Crippen LogP contribution in [-0.4, -0.2) is 56.1 Å². The predicted molar refractivity (Wildman–Crippen MR) is 113 cm³/mol. The molecule has 0 saturated carbocycles. The maximum absolute atomic E-state index is 12.6. The number of hydrogen-bond donors (Lipinski definition) is 1. The molecule has 1 amide bonds. The van der Waals surface area contributed by atoms with Crippen molar-refractivity contribution < 1.29 is 14.3 Å². The Hall–Kier alpha value is -2.38. The van der Waals surface area contributed by atoms with E-state index in [1.165, 1.54) is 17.0 Å². The molecule has 0 atom stereocenters. The van der Waals surface area contributed by atoms with E-state index < -0.39 is 0 Å². The number of thiophene rings is 1. The van der Waals surface area contributed by atoms with Crippen molar-refractivity contribution in [2.75, 3.05) is 49.5 Å². The van der Waals surface area contributed by atoms with Gasteiger partial charge in [-0.2, -0.15) is 0 Å². The summed E-state index contributed by atoms with van der Waals surface area (Å²) in [5.41, 5.74) is 1.67. The number of nitrogens with zero attached hydrogens (tertiary/aromatic N) is 2. The number of rotatable bonds is 7. The summed E-state index contributed by atoms with van der Waals surface area (Å²) in [5, 5.41) is 3.50. The quantitative estimate of drug-likeness (QED) is 0.722. The standard InChI is InChI=1S/C21H27N3O3S/c1-3-17-14-18(21(26)27-4-2)20(28-17)22-19(25)15-23-10-12-24(13-11-23)16-8-6-5-7-9-16/h5-9,14H,3-4,10-13,15H2,1-2H3,(H,22,25). The van der Waals surface area contributed by atoms with Gasteiger partial charge in [-0.15, -0.1) is 11.3 Å². The Morgan fingerprint density at radius 2 is 1.82 bits per heavy atom. The van der Waals surface area contributed by atoms with E-state index in [4.69, 9.17) is 4.74 Å². The molecule has 0 unspecified atom stereocenters. The lowest BCUT2D eigenvalue weighted by Crippen LogP contribution is -2.48. The third kappa shape index (κ3) is 5.11. The summed E-state index contributed by atoms with van der Waals surface area (Å²) in [4.78, 5) is 30.2. The normalized spacial score (nSPS) is 14.7. The summed E-state index contributed by atoms with van der Waals surface area (Å²) in [5.74, 6) is -0.478. The number of anilines is 2. The van der Waals surface area contributed by atoms with Crippen molar-refractivity contribution in [2.45, 2.75) is 20.3 Å². The molecule has 1 aromatic carbocycles. The Morgan fingerprint density at radius 3 is 2.46 bits per heavy atom. The second-order valence-corrected chi connectivity index (χ2v) is 7.81. The molecule has 2 aromatic rings.